The number of hydrogen-bond acceptors (Lipinski definition) is 5. The highest BCUT2D eigenvalue weighted by Crippen LogP contribution is 2.21. The van der Waals surface area contributed by atoms with E-state index in [1.54, 1.807) is 0 Å². The van der Waals surface area contributed by atoms with Crippen LogP contribution in [0.2, 0.25) is 5.02 Å². The lowest BCUT2D eigenvalue weighted by Crippen LogP contribution is -2.18. The molecule has 2 aromatic heterocycles. The fraction of sp³-hybridized carbons (Fsp3) is 0.235. The fourth-order valence-electron chi connectivity index (χ4n) is 2.21. The molecule has 3 aromatic rings. The molecule has 0 saturated heterocycles. The van der Waals surface area contributed by atoms with E-state index in [0.29, 0.717) is 5.75 Å². The highest BCUT2D eigenvalue weighted by Gasteiger charge is 2.27. The molecular weight excluding hydrogens is 434 g/mol. The van der Waals surface area contributed by atoms with E-state index in [1.807, 2.05) is 0 Å². The molecule has 30 heavy (non-hydrogen) atoms. The van der Waals surface area contributed by atoms with Gasteiger partial charge >= 0.3 is 6.18 Å². The first kappa shape index (κ1) is 21.6. The van der Waals surface area contributed by atoms with Crippen LogP contribution < -0.4 is 10.1 Å². The molecule has 1 amide bonds. The van der Waals surface area contributed by atoms with Crippen molar-refractivity contribution in [3.05, 3.63) is 59.4 Å². The number of alkyl halides is 3. The van der Waals surface area contributed by atoms with Crippen LogP contribution in [0.4, 0.5) is 23.2 Å². The Morgan fingerprint density at radius 1 is 1.20 bits per heavy atom. The standard InChI is InChI=1S/C17H14ClF4N5O3/c18-13-5-12(1-2-14(13)19)30-10-26-4-3-15(25-26)16(28)24-11-6-23-27(7-11)9-29-8-17(20,21)22/h1-7H,8-10H2,(H,24,28). The van der Waals surface area contributed by atoms with Gasteiger partial charge in [0.2, 0.25) is 0 Å². The number of ether oxygens (including phenoxy) is 2. The van der Waals surface area contributed by atoms with Crippen molar-refractivity contribution in [1.29, 1.82) is 0 Å². The van der Waals surface area contributed by atoms with Gasteiger partial charge in [0, 0.05) is 12.3 Å². The van der Waals surface area contributed by atoms with Gasteiger partial charge in [-0.15, -0.1) is 0 Å². The minimum absolute atomic E-state index is 0.0519. The third kappa shape index (κ3) is 6.19. The molecule has 0 atom stereocenters. The van der Waals surface area contributed by atoms with E-state index < -0.39 is 31.2 Å². The monoisotopic (exact) mass is 447 g/mol. The van der Waals surface area contributed by atoms with Crippen molar-refractivity contribution in [2.75, 3.05) is 11.9 Å². The fourth-order valence-corrected chi connectivity index (χ4v) is 2.38. The van der Waals surface area contributed by atoms with Gasteiger partial charge in [-0.05, 0) is 18.2 Å². The van der Waals surface area contributed by atoms with Crippen LogP contribution in [0.25, 0.3) is 0 Å². The SMILES string of the molecule is O=C(Nc1cnn(COCC(F)(F)F)c1)c1ccn(COc2ccc(F)c(Cl)c2)n1. The minimum atomic E-state index is -4.43. The highest BCUT2D eigenvalue weighted by molar-refractivity contribution is 6.30. The smallest absolute Gasteiger partial charge is 0.411 e. The predicted molar refractivity (Wildman–Crippen MR) is 96.5 cm³/mol. The van der Waals surface area contributed by atoms with E-state index in [1.165, 1.54) is 41.5 Å². The first-order valence-corrected chi connectivity index (χ1v) is 8.67. The van der Waals surface area contributed by atoms with Crippen molar-refractivity contribution >= 4 is 23.2 Å². The summed E-state index contributed by atoms with van der Waals surface area (Å²) < 4.78 is 61.6. The van der Waals surface area contributed by atoms with Gasteiger partial charge in [-0.3, -0.25) is 4.79 Å². The van der Waals surface area contributed by atoms with Gasteiger partial charge in [0.15, 0.2) is 12.4 Å². The maximum atomic E-state index is 13.1. The molecule has 0 spiro atoms. The number of anilines is 1. The molecule has 0 aliphatic carbocycles. The topological polar surface area (TPSA) is 83.2 Å². The molecular formula is C17H14ClF4N5O3. The molecule has 3 rings (SSSR count). The lowest BCUT2D eigenvalue weighted by Gasteiger charge is -2.07. The molecule has 0 fully saturated rings. The van der Waals surface area contributed by atoms with Crippen molar-refractivity contribution in [1.82, 2.24) is 19.6 Å². The van der Waals surface area contributed by atoms with Crippen LogP contribution in [-0.2, 0) is 18.2 Å². The number of carbonyl (C=O) groups is 1. The molecule has 1 N–H and O–H groups in total. The molecule has 0 aliphatic rings. The van der Waals surface area contributed by atoms with Crippen LogP contribution in [0.15, 0.2) is 42.9 Å². The largest absolute Gasteiger partial charge is 0.471 e. The molecule has 0 radical (unpaired) electrons. The normalized spacial score (nSPS) is 11.5. The number of rotatable bonds is 8. The quantitative estimate of drug-likeness (QED) is 0.532. The lowest BCUT2D eigenvalue weighted by molar-refractivity contribution is -0.182. The molecule has 0 unspecified atom stereocenters. The highest BCUT2D eigenvalue weighted by atomic mass is 35.5. The Kier molecular flexibility index (Phi) is 6.57. The van der Waals surface area contributed by atoms with Gasteiger partial charge in [0.05, 0.1) is 23.1 Å². The summed E-state index contributed by atoms with van der Waals surface area (Å²) >= 11 is 5.67. The van der Waals surface area contributed by atoms with E-state index in [2.05, 4.69) is 20.3 Å². The van der Waals surface area contributed by atoms with E-state index >= 15 is 0 Å². The average molecular weight is 448 g/mol. The first-order chi connectivity index (χ1) is 14.2. The second kappa shape index (κ2) is 9.13. The number of amides is 1. The first-order valence-electron chi connectivity index (χ1n) is 8.29. The van der Waals surface area contributed by atoms with Crippen molar-refractivity contribution in [2.45, 2.75) is 19.6 Å². The summed E-state index contributed by atoms with van der Waals surface area (Å²) in [6, 6.07) is 5.31. The van der Waals surface area contributed by atoms with Gasteiger partial charge in [0.25, 0.3) is 5.91 Å². The molecule has 0 aliphatic heterocycles. The average Bonchev–Trinajstić information content (AvgIpc) is 3.31. The number of nitrogens with one attached hydrogen (secondary N) is 1. The van der Waals surface area contributed by atoms with Gasteiger partial charge in [-0.2, -0.15) is 23.4 Å². The van der Waals surface area contributed by atoms with Gasteiger partial charge in [-0.25, -0.2) is 13.8 Å². The Bertz CT molecular complexity index is 1020. The van der Waals surface area contributed by atoms with Crippen molar-refractivity contribution in [2.24, 2.45) is 0 Å². The third-order valence-corrected chi connectivity index (χ3v) is 3.80. The van der Waals surface area contributed by atoms with E-state index in [-0.39, 0.29) is 23.1 Å². The number of hydrogen-bond donors (Lipinski definition) is 1. The van der Waals surface area contributed by atoms with Crippen LogP contribution in [0.3, 0.4) is 0 Å². The van der Waals surface area contributed by atoms with E-state index in [4.69, 9.17) is 16.3 Å². The summed E-state index contributed by atoms with van der Waals surface area (Å²) in [5.41, 5.74) is 0.319. The maximum absolute atomic E-state index is 13.1. The van der Waals surface area contributed by atoms with Crippen molar-refractivity contribution < 1.29 is 31.8 Å². The summed E-state index contributed by atoms with van der Waals surface area (Å²) in [5.74, 6) is -0.810. The minimum Gasteiger partial charge on any atom is -0.471 e. The summed E-state index contributed by atoms with van der Waals surface area (Å²) in [6.45, 7) is -1.88. The summed E-state index contributed by atoms with van der Waals surface area (Å²) in [6.07, 6.45) is -0.371. The van der Waals surface area contributed by atoms with Crippen LogP contribution in [-0.4, -0.2) is 38.3 Å². The predicted octanol–water partition coefficient (Wildman–Crippen LogP) is 3.70. The molecule has 8 nitrogen and oxygen atoms in total. The summed E-state index contributed by atoms with van der Waals surface area (Å²) in [4.78, 5) is 12.2. The Morgan fingerprint density at radius 3 is 2.73 bits per heavy atom. The lowest BCUT2D eigenvalue weighted by atomic mass is 10.3. The van der Waals surface area contributed by atoms with Crippen LogP contribution in [0.1, 0.15) is 10.5 Å². The molecule has 0 saturated carbocycles. The number of halogens is 5. The molecule has 1 aromatic carbocycles. The summed E-state index contributed by atoms with van der Waals surface area (Å²) in [5, 5.41) is 10.3. The summed E-state index contributed by atoms with van der Waals surface area (Å²) in [7, 11) is 0. The molecule has 0 bridgehead atoms. The van der Waals surface area contributed by atoms with Crippen LogP contribution in [0, 0.1) is 5.82 Å². The number of carbonyl (C=O) groups excluding carboxylic acids is 1. The molecule has 13 heteroatoms. The zero-order valence-electron chi connectivity index (χ0n) is 15.1. The maximum Gasteiger partial charge on any atom is 0.411 e. The number of benzene rings is 1. The number of nitrogens with zero attached hydrogens (tertiary/aromatic N) is 4. The van der Waals surface area contributed by atoms with Gasteiger partial charge < -0.3 is 14.8 Å². The van der Waals surface area contributed by atoms with Crippen molar-refractivity contribution in [3.8, 4) is 5.75 Å². The third-order valence-electron chi connectivity index (χ3n) is 3.51. The van der Waals surface area contributed by atoms with Crippen LogP contribution in [0.5, 0.6) is 5.75 Å². The second-order valence-corrected chi connectivity index (χ2v) is 6.31. The van der Waals surface area contributed by atoms with Gasteiger partial charge in [-0.1, -0.05) is 11.6 Å². The zero-order valence-corrected chi connectivity index (χ0v) is 15.8. The van der Waals surface area contributed by atoms with Crippen LogP contribution >= 0.6 is 11.6 Å². The van der Waals surface area contributed by atoms with E-state index in [9.17, 15) is 22.4 Å². The Hall–Kier alpha value is -3.12. The Labute approximate surface area is 171 Å². The molecule has 2 heterocycles. The van der Waals surface area contributed by atoms with Gasteiger partial charge in [0.1, 0.15) is 24.9 Å². The Morgan fingerprint density at radius 2 is 2.00 bits per heavy atom. The second-order valence-electron chi connectivity index (χ2n) is 5.91. The van der Waals surface area contributed by atoms with E-state index in [0.717, 1.165) is 10.7 Å². The molecule has 160 valence electrons. The Balaban J connectivity index is 1.50. The van der Waals surface area contributed by atoms with Crippen molar-refractivity contribution in [3.63, 3.8) is 0 Å². The zero-order chi connectivity index (χ0) is 21.7. The number of aromatic nitrogens is 4.